The molecule has 158 valence electrons. The molecule has 0 atom stereocenters. The topological polar surface area (TPSA) is 65.2 Å². The van der Waals surface area contributed by atoms with E-state index in [0.29, 0.717) is 31.1 Å². The van der Waals surface area contributed by atoms with E-state index in [0.717, 1.165) is 35.3 Å². The number of benzene rings is 2. The molecule has 0 aliphatic carbocycles. The molecule has 1 saturated heterocycles. The van der Waals surface area contributed by atoms with E-state index in [1.54, 1.807) is 30.2 Å². The summed E-state index contributed by atoms with van der Waals surface area (Å²) < 4.78 is 22.4. The third kappa shape index (κ3) is 3.70. The van der Waals surface area contributed by atoms with E-state index in [2.05, 4.69) is 14.9 Å². The first-order valence-corrected chi connectivity index (χ1v) is 10.2. The number of fused-ring (bicyclic) bond motifs is 1. The fraction of sp³-hybridized carbons (Fsp3) is 0.261. The van der Waals surface area contributed by atoms with Crippen molar-refractivity contribution in [2.45, 2.75) is 6.54 Å². The van der Waals surface area contributed by atoms with Crippen molar-refractivity contribution in [3.63, 3.8) is 0 Å². The highest BCUT2D eigenvalue weighted by atomic mass is 19.1. The van der Waals surface area contributed by atoms with E-state index in [9.17, 15) is 9.18 Å². The van der Waals surface area contributed by atoms with Gasteiger partial charge in [0.2, 0.25) is 5.95 Å². The van der Waals surface area contributed by atoms with Crippen LogP contribution in [0.25, 0.3) is 22.0 Å². The molecule has 1 aliphatic rings. The quantitative estimate of drug-likeness (QED) is 0.509. The van der Waals surface area contributed by atoms with Crippen LogP contribution in [0, 0.1) is 5.82 Å². The summed E-state index contributed by atoms with van der Waals surface area (Å²) in [6, 6.07) is 12.1. The first-order chi connectivity index (χ1) is 15.1. The number of ether oxygens (including phenoxy) is 1. The molecule has 5 rings (SSSR count). The standard InChI is InChI=1S/C23H22FN5O2/c1-27-22(30)20-6-5-17(12-21(20)29(27)15-16-3-2-4-19(24)11-16)18-13-25-23(26-14-18)28-7-9-31-10-8-28/h2-6,11-14H,7-10,15H2,1H3. The van der Waals surface area contributed by atoms with Gasteiger partial charge in [0.1, 0.15) is 5.82 Å². The van der Waals surface area contributed by atoms with Crippen LogP contribution in [-0.2, 0) is 18.3 Å². The highest BCUT2D eigenvalue weighted by Crippen LogP contribution is 2.24. The summed E-state index contributed by atoms with van der Waals surface area (Å²) in [5.41, 5.74) is 3.27. The Labute approximate surface area is 178 Å². The highest BCUT2D eigenvalue weighted by Gasteiger charge is 2.15. The van der Waals surface area contributed by atoms with Gasteiger partial charge in [0.15, 0.2) is 0 Å². The van der Waals surface area contributed by atoms with Gasteiger partial charge in [-0.05, 0) is 35.4 Å². The minimum atomic E-state index is -0.294. The SMILES string of the molecule is Cn1c(=O)c2ccc(-c3cnc(N4CCOCC4)nc3)cc2n1Cc1cccc(F)c1. The van der Waals surface area contributed by atoms with Crippen LogP contribution in [0.5, 0.6) is 0 Å². The van der Waals surface area contributed by atoms with Gasteiger partial charge in [-0.25, -0.2) is 14.4 Å². The van der Waals surface area contributed by atoms with Gasteiger partial charge >= 0.3 is 0 Å². The fourth-order valence-corrected chi connectivity index (χ4v) is 3.95. The van der Waals surface area contributed by atoms with Crippen molar-refractivity contribution in [3.8, 4) is 11.1 Å². The van der Waals surface area contributed by atoms with E-state index >= 15 is 0 Å². The Hall–Kier alpha value is -3.52. The van der Waals surface area contributed by atoms with E-state index in [-0.39, 0.29) is 11.4 Å². The van der Waals surface area contributed by atoms with E-state index < -0.39 is 0 Å². The van der Waals surface area contributed by atoms with Crippen molar-refractivity contribution < 1.29 is 9.13 Å². The summed E-state index contributed by atoms with van der Waals surface area (Å²) in [6.07, 6.45) is 3.61. The predicted molar refractivity (Wildman–Crippen MR) is 117 cm³/mol. The van der Waals surface area contributed by atoms with Crippen LogP contribution in [0.1, 0.15) is 5.56 Å². The van der Waals surface area contributed by atoms with E-state index in [1.807, 2.05) is 28.9 Å². The van der Waals surface area contributed by atoms with Gasteiger partial charge in [0, 0.05) is 38.1 Å². The maximum absolute atomic E-state index is 13.6. The van der Waals surface area contributed by atoms with Crippen molar-refractivity contribution in [1.29, 1.82) is 0 Å². The molecule has 0 radical (unpaired) electrons. The summed E-state index contributed by atoms with van der Waals surface area (Å²) >= 11 is 0. The molecule has 31 heavy (non-hydrogen) atoms. The van der Waals surface area contributed by atoms with Gasteiger partial charge in [-0.15, -0.1) is 0 Å². The van der Waals surface area contributed by atoms with Crippen molar-refractivity contribution in [3.05, 3.63) is 76.6 Å². The lowest BCUT2D eigenvalue weighted by molar-refractivity contribution is 0.122. The van der Waals surface area contributed by atoms with Crippen molar-refractivity contribution in [1.82, 2.24) is 19.3 Å². The molecule has 8 heteroatoms. The molecule has 2 aromatic carbocycles. The second kappa shape index (κ2) is 7.96. The van der Waals surface area contributed by atoms with Crippen LogP contribution in [-0.4, -0.2) is 45.6 Å². The van der Waals surface area contributed by atoms with Crippen LogP contribution in [0.3, 0.4) is 0 Å². The second-order valence-electron chi connectivity index (χ2n) is 7.62. The number of morpholine rings is 1. The Morgan fingerprint density at radius 3 is 2.55 bits per heavy atom. The number of hydrogen-bond donors (Lipinski definition) is 0. The molecule has 7 nitrogen and oxygen atoms in total. The lowest BCUT2D eigenvalue weighted by Gasteiger charge is -2.26. The second-order valence-corrected chi connectivity index (χ2v) is 7.62. The Morgan fingerprint density at radius 1 is 1.03 bits per heavy atom. The Bertz CT molecular complexity index is 1290. The lowest BCUT2D eigenvalue weighted by atomic mass is 10.1. The lowest BCUT2D eigenvalue weighted by Crippen LogP contribution is -2.37. The molecule has 1 aliphatic heterocycles. The fourth-order valence-electron chi connectivity index (χ4n) is 3.95. The largest absolute Gasteiger partial charge is 0.378 e. The molecular weight excluding hydrogens is 397 g/mol. The van der Waals surface area contributed by atoms with Crippen LogP contribution in [0.2, 0.25) is 0 Å². The smallest absolute Gasteiger partial charge is 0.274 e. The predicted octanol–water partition coefficient (Wildman–Crippen LogP) is 2.82. The summed E-state index contributed by atoms with van der Waals surface area (Å²) in [6.45, 7) is 3.31. The molecule has 3 heterocycles. The monoisotopic (exact) mass is 419 g/mol. The molecule has 4 aromatic rings. The number of hydrogen-bond acceptors (Lipinski definition) is 5. The summed E-state index contributed by atoms with van der Waals surface area (Å²) in [4.78, 5) is 23.9. The van der Waals surface area contributed by atoms with Gasteiger partial charge in [-0.2, -0.15) is 0 Å². The zero-order chi connectivity index (χ0) is 21.4. The average molecular weight is 419 g/mol. The number of aromatic nitrogens is 4. The maximum Gasteiger partial charge on any atom is 0.274 e. The van der Waals surface area contributed by atoms with Gasteiger partial charge in [0.25, 0.3) is 5.56 Å². The molecule has 0 spiro atoms. The average Bonchev–Trinajstić information content (AvgIpc) is 3.04. The van der Waals surface area contributed by atoms with E-state index in [4.69, 9.17) is 4.74 Å². The molecule has 0 N–H and O–H groups in total. The summed E-state index contributed by atoms with van der Waals surface area (Å²) in [5.74, 6) is 0.396. The van der Waals surface area contributed by atoms with Crippen LogP contribution < -0.4 is 10.5 Å². The minimum Gasteiger partial charge on any atom is -0.378 e. The van der Waals surface area contributed by atoms with Gasteiger partial charge in [-0.3, -0.25) is 14.2 Å². The highest BCUT2D eigenvalue weighted by molar-refractivity contribution is 5.84. The molecule has 0 saturated carbocycles. The molecule has 0 bridgehead atoms. The molecule has 1 fully saturated rings. The van der Waals surface area contributed by atoms with Gasteiger partial charge in [0.05, 0.1) is 30.7 Å². The third-order valence-corrected chi connectivity index (χ3v) is 5.65. The first-order valence-electron chi connectivity index (χ1n) is 10.2. The summed E-state index contributed by atoms with van der Waals surface area (Å²) in [7, 11) is 1.72. The van der Waals surface area contributed by atoms with Gasteiger partial charge in [-0.1, -0.05) is 18.2 Å². The van der Waals surface area contributed by atoms with Crippen molar-refractivity contribution in [2.24, 2.45) is 7.05 Å². The first kappa shape index (κ1) is 19.4. The number of rotatable bonds is 4. The van der Waals surface area contributed by atoms with E-state index in [1.165, 1.54) is 12.1 Å². The molecule has 0 unspecified atom stereocenters. The number of nitrogens with zero attached hydrogens (tertiary/aromatic N) is 5. The van der Waals surface area contributed by atoms with Crippen LogP contribution >= 0.6 is 0 Å². The van der Waals surface area contributed by atoms with Crippen molar-refractivity contribution in [2.75, 3.05) is 31.2 Å². The Balaban J connectivity index is 1.51. The van der Waals surface area contributed by atoms with Crippen molar-refractivity contribution >= 4 is 16.9 Å². The minimum absolute atomic E-state index is 0.0862. The Kier molecular flexibility index (Phi) is 4.99. The number of halogens is 1. The zero-order valence-electron chi connectivity index (χ0n) is 17.2. The van der Waals surface area contributed by atoms with Gasteiger partial charge < -0.3 is 9.64 Å². The van der Waals surface area contributed by atoms with Crippen LogP contribution in [0.15, 0.2) is 59.7 Å². The molecule has 2 aromatic heterocycles. The molecule has 0 amide bonds. The maximum atomic E-state index is 13.6. The number of anilines is 1. The summed E-state index contributed by atoms with van der Waals surface area (Å²) in [5, 5.41) is 0.619. The Morgan fingerprint density at radius 2 is 1.81 bits per heavy atom. The third-order valence-electron chi connectivity index (χ3n) is 5.65. The normalized spacial score (nSPS) is 14.3. The van der Waals surface area contributed by atoms with Crippen LogP contribution in [0.4, 0.5) is 10.3 Å². The zero-order valence-corrected chi connectivity index (χ0v) is 17.2. The molecular formula is C23H22FN5O2.